The molecule has 2 aromatic carbocycles. The van der Waals surface area contributed by atoms with E-state index in [1.54, 1.807) is 0 Å². The minimum absolute atomic E-state index is 0.215. The van der Waals surface area contributed by atoms with Gasteiger partial charge in [-0.05, 0) is 22.3 Å². The topological polar surface area (TPSA) is 53.6 Å². The molecule has 3 aromatic rings. The van der Waals surface area contributed by atoms with Gasteiger partial charge in [0, 0.05) is 0 Å². The van der Waals surface area contributed by atoms with Gasteiger partial charge in [-0.2, -0.15) is 5.10 Å². The highest BCUT2D eigenvalue weighted by Crippen LogP contribution is 2.42. The number of aromatic amines is 1. The van der Waals surface area contributed by atoms with E-state index in [1.165, 1.54) is 28.6 Å². The molecule has 0 spiro atoms. The number of benzene rings is 2. The summed E-state index contributed by atoms with van der Waals surface area (Å²) in [6.45, 7) is 0.674. The molecular formula is C16H14N4. The molecule has 2 N–H and O–H groups in total. The SMILES string of the molecule is c1ccc2c(c1)-c1ccccc1C2NCc1ncn[nH]1. The lowest BCUT2D eigenvalue weighted by Gasteiger charge is -2.14. The van der Waals surface area contributed by atoms with Gasteiger partial charge in [-0.25, -0.2) is 4.98 Å². The first-order valence-corrected chi connectivity index (χ1v) is 6.69. The summed E-state index contributed by atoms with van der Waals surface area (Å²) in [7, 11) is 0. The number of rotatable bonds is 3. The van der Waals surface area contributed by atoms with Crippen LogP contribution < -0.4 is 5.32 Å². The highest BCUT2D eigenvalue weighted by atomic mass is 15.2. The molecule has 4 heteroatoms. The van der Waals surface area contributed by atoms with Crippen molar-refractivity contribution < 1.29 is 0 Å². The predicted molar refractivity (Wildman–Crippen MR) is 76.9 cm³/mol. The second-order valence-corrected chi connectivity index (χ2v) is 4.92. The molecule has 0 atom stereocenters. The predicted octanol–water partition coefficient (Wildman–Crippen LogP) is 2.66. The average molecular weight is 262 g/mol. The third kappa shape index (κ3) is 1.73. The second kappa shape index (κ2) is 4.58. The van der Waals surface area contributed by atoms with Crippen molar-refractivity contribution in [1.82, 2.24) is 20.5 Å². The number of hydrogen-bond acceptors (Lipinski definition) is 3. The number of hydrogen-bond donors (Lipinski definition) is 2. The van der Waals surface area contributed by atoms with Gasteiger partial charge in [-0.15, -0.1) is 0 Å². The van der Waals surface area contributed by atoms with Gasteiger partial charge in [0.25, 0.3) is 0 Å². The van der Waals surface area contributed by atoms with Gasteiger partial charge in [0.05, 0.1) is 12.6 Å². The van der Waals surface area contributed by atoms with Gasteiger partial charge in [0.1, 0.15) is 12.2 Å². The van der Waals surface area contributed by atoms with Crippen molar-refractivity contribution in [2.75, 3.05) is 0 Å². The first-order chi connectivity index (χ1) is 9.93. The number of nitrogens with one attached hydrogen (secondary N) is 2. The molecule has 4 rings (SSSR count). The molecule has 1 aromatic heterocycles. The molecule has 0 radical (unpaired) electrons. The number of aromatic nitrogens is 3. The van der Waals surface area contributed by atoms with Crippen LogP contribution in [0.25, 0.3) is 11.1 Å². The van der Waals surface area contributed by atoms with E-state index in [9.17, 15) is 0 Å². The molecule has 0 saturated heterocycles. The summed E-state index contributed by atoms with van der Waals surface area (Å²) in [5.41, 5.74) is 5.29. The third-order valence-corrected chi connectivity index (χ3v) is 3.77. The first kappa shape index (κ1) is 11.4. The zero-order chi connectivity index (χ0) is 13.4. The fraction of sp³-hybridized carbons (Fsp3) is 0.125. The van der Waals surface area contributed by atoms with Gasteiger partial charge in [0.2, 0.25) is 0 Å². The lowest BCUT2D eigenvalue weighted by atomic mass is 10.1. The maximum absolute atomic E-state index is 4.16. The summed E-state index contributed by atoms with van der Waals surface area (Å²) >= 11 is 0. The highest BCUT2D eigenvalue weighted by Gasteiger charge is 2.27. The van der Waals surface area contributed by atoms with Crippen LogP contribution in [0.1, 0.15) is 23.0 Å². The molecule has 1 aliphatic rings. The van der Waals surface area contributed by atoms with Crippen molar-refractivity contribution in [3.8, 4) is 11.1 Å². The Hall–Kier alpha value is -2.46. The van der Waals surface area contributed by atoms with Crippen LogP contribution >= 0.6 is 0 Å². The Bertz CT molecular complexity index is 688. The molecular weight excluding hydrogens is 248 g/mol. The van der Waals surface area contributed by atoms with E-state index < -0.39 is 0 Å². The number of nitrogens with zero attached hydrogens (tertiary/aromatic N) is 2. The van der Waals surface area contributed by atoms with Crippen molar-refractivity contribution in [1.29, 1.82) is 0 Å². The van der Waals surface area contributed by atoms with E-state index in [0.29, 0.717) is 6.54 Å². The zero-order valence-electron chi connectivity index (χ0n) is 10.9. The van der Waals surface area contributed by atoms with Gasteiger partial charge in [-0.3, -0.25) is 10.4 Å². The highest BCUT2D eigenvalue weighted by molar-refractivity contribution is 5.78. The maximum atomic E-state index is 4.16. The van der Waals surface area contributed by atoms with Crippen LogP contribution in [0.3, 0.4) is 0 Å². The molecule has 0 unspecified atom stereocenters. The van der Waals surface area contributed by atoms with Crippen molar-refractivity contribution in [3.05, 3.63) is 71.8 Å². The van der Waals surface area contributed by atoms with Gasteiger partial charge >= 0.3 is 0 Å². The van der Waals surface area contributed by atoms with Crippen LogP contribution in [0.4, 0.5) is 0 Å². The third-order valence-electron chi connectivity index (χ3n) is 3.77. The summed E-state index contributed by atoms with van der Waals surface area (Å²) in [4.78, 5) is 4.16. The summed E-state index contributed by atoms with van der Waals surface area (Å²) in [5.74, 6) is 0.854. The van der Waals surface area contributed by atoms with Crippen molar-refractivity contribution in [2.24, 2.45) is 0 Å². The zero-order valence-corrected chi connectivity index (χ0v) is 10.9. The number of H-pyrrole nitrogens is 1. The molecule has 20 heavy (non-hydrogen) atoms. The Labute approximate surface area is 116 Å². The molecule has 0 fully saturated rings. The Morgan fingerprint density at radius 3 is 2.20 bits per heavy atom. The summed E-state index contributed by atoms with van der Waals surface area (Å²) in [6.07, 6.45) is 1.54. The molecule has 0 saturated carbocycles. The molecule has 0 bridgehead atoms. The maximum Gasteiger partial charge on any atom is 0.138 e. The minimum Gasteiger partial charge on any atom is -0.299 e. The minimum atomic E-state index is 0.215. The van der Waals surface area contributed by atoms with Gasteiger partial charge in [0.15, 0.2) is 0 Å². The van der Waals surface area contributed by atoms with E-state index in [2.05, 4.69) is 69.0 Å². The summed E-state index contributed by atoms with van der Waals surface area (Å²) in [5, 5.41) is 10.3. The molecule has 98 valence electrons. The Morgan fingerprint density at radius 1 is 0.950 bits per heavy atom. The standard InChI is InChI=1S/C16H14N4/c1-3-7-13-11(5-1)12-6-2-4-8-14(12)16(13)17-9-15-18-10-19-20-15/h1-8,10,16-17H,9H2,(H,18,19,20). The van der Waals surface area contributed by atoms with E-state index in [1.807, 2.05) is 0 Å². The Balaban J connectivity index is 1.72. The van der Waals surface area contributed by atoms with Gasteiger partial charge < -0.3 is 0 Å². The largest absolute Gasteiger partial charge is 0.299 e. The Kier molecular flexibility index (Phi) is 2.60. The smallest absolute Gasteiger partial charge is 0.138 e. The van der Waals surface area contributed by atoms with Crippen LogP contribution in [-0.4, -0.2) is 15.2 Å². The van der Waals surface area contributed by atoms with E-state index in [4.69, 9.17) is 0 Å². The molecule has 1 aliphatic carbocycles. The van der Waals surface area contributed by atoms with Crippen LogP contribution in [0, 0.1) is 0 Å². The molecule has 1 heterocycles. The lowest BCUT2D eigenvalue weighted by molar-refractivity contribution is 0.597. The summed E-state index contributed by atoms with van der Waals surface area (Å²) < 4.78 is 0. The van der Waals surface area contributed by atoms with Crippen LogP contribution in [0.2, 0.25) is 0 Å². The van der Waals surface area contributed by atoms with Crippen LogP contribution in [0.5, 0.6) is 0 Å². The lowest BCUT2D eigenvalue weighted by Crippen LogP contribution is -2.20. The summed E-state index contributed by atoms with van der Waals surface area (Å²) in [6, 6.07) is 17.3. The average Bonchev–Trinajstić information content (AvgIpc) is 3.11. The van der Waals surface area contributed by atoms with Gasteiger partial charge in [-0.1, -0.05) is 48.5 Å². The molecule has 0 amide bonds. The van der Waals surface area contributed by atoms with E-state index in [0.717, 1.165) is 5.82 Å². The first-order valence-electron chi connectivity index (χ1n) is 6.69. The number of fused-ring (bicyclic) bond motifs is 3. The van der Waals surface area contributed by atoms with Crippen molar-refractivity contribution in [2.45, 2.75) is 12.6 Å². The van der Waals surface area contributed by atoms with Crippen molar-refractivity contribution in [3.63, 3.8) is 0 Å². The van der Waals surface area contributed by atoms with Crippen LogP contribution in [-0.2, 0) is 6.54 Å². The Morgan fingerprint density at radius 2 is 1.60 bits per heavy atom. The molecule has 0 aliphatic heterocycles. The van der Waals surface area contributed by atoms with Crippen LogP contribution in [0.15, 0.2) is 54.9 Å². The van der Waals surface area contributed by atoms with E-state index >= 15 is 0 Å². The van der Waals surface area contributed by atoms with E-state index in [-0.39, 0.29) is 6.04 Å². The van der Waals surface area contributed by atoms with Crippen molar-refractivity contribution >= 4 is 0 Å². The second-order valence-electron chi connectivity index (χ2n) is 4.92. The fourth-order valence-electron chi connectivity index (χ4n) is 2.89. The monoisotopic (exact) mass is 262 g/mol. The normalized spacial score (nSPS) is 13.2. The molecule has 4 nitrogen and oxygen atoms in total. The quantitative estimate of drug-likeness (QED) is 0.763. The fourth-order valence-corrected chi connectivity index (χ4v) is 2.89.